The number of benzene rings is 1. The Balaban J connectivity index is 2.01. The van der Waals surface area contributed by atoms with Crippen LogP contribution in [-0.2, 0) is 11.3 Å². The van der Waals surface area contributed by atoms with Gasteiger partial charge in [0, 0.05) is 6.54 Å². The van der Waals surface area contributed by atoms with Crippen molar-refractivity contribution in [1.29, 1.82) is 0 Å². The molecular weight excluding hydrogens is 258 g/mol. The zero-order chi connectivity index (χ0) is 14.6. The lowest BCUT2D eigenvalue weighted by Crippen LogP contribution is -2.53. The maximum absolute atomic E-state index is 12.3. The molecule has 0 saturated heterocycles. The van der Waals surface area contributed by atoms with Crippen LogP contribution in [0.1, 0.15) is 24.8 Å². The van der Waals surface area contributed by atoms with Crippen LogP contribution in [0, 0.1) is 5.41 Å². The molecule has 6 nitrogen and oxygen atoms in total. The van der Waals surface area contributed by atoms with Crippen LogP contribution >= 0.6 is 0 Å². The molecule has 0 atom stereocenters. The molecular formula is C14H19N3O3. The third-order valence-electron chi connectivity index (χ3n) is 3.83. The Bertz CT molecular complexity index is 524. The summed E-state index contributed by atoms with van der Waals surface area (Å²) < 4.78 is 5.13. The number of carbonyl (C=O) groups is 1. The molecule has 0 bridgehead atoms. The van der Waals surface area contributed by atoms with Gasteiger partial charge in [0.05, 0.1) is 7.11 Å². The molecule has 0 radical (unpaired) electrons. The van der Waals surface area contributed by atoms with Gasteiger partial charge in [0.25, 0.3) is 0 Å². The first-order valence-electron chi connectivity index (χ1n) is 6.51. The van der Waals surface area contributed by atoms with E-state index in [2.05, 4.69) is 10.5 Å². The third kappa shape index (κ3) is 2.54. The van der Waals surface area contributed by atoms with E-state index in [1.54, 1.807) is 7.11 Å². The second kappa shape index (κ2) is 5.81. The van der Waals surface area contributed by atoms with Crippen molar-refractivity contribution in [2.24, 2.45) is 16.3 Å². The second-order valence-corrected chi connectivity index (χ2v) is 4.96. The molecule has 1 fully saturated rings. The van der Waals surface area contributed by atoms with Gasteiger partial charge in [0.1, 0.15) is 11.2 Å². The second-order valence-electron chi connectivity index (χ2n) is 4.96. The number of amidine groups is 1. The van der Waals surface area contributed by atoms with Crippen LogP contribution in [0.5, 0.6) is 5.75 Å². The van der Waals surface area contributed by atoms with Crippen molar-refractivity contribution in [3.8, 4) is 5.75 Å². The van der Waals surface area contributed by atoms with Crippen molar-refractivity contribution in [1.82, 2.24) is 5.32 Å². The number of nitrogens with zero attached hydrogens (tertiary/aromatic N) is 1. The van der Waals surface area contributed by atoms with Gasteiger partial charge in [0.15, 0.2) is 5.84 Å². The molecule has 0 spiro atoms. The standard InChI is InChI=1S/C14H19N3O3/c1-20-11-5-2-4-10(8-11)9-16-13(18)14(6-3-7-14)12(15)17-19/h2,4-5,8,19H,3,6-7,9H2,1H3,(H2,15,17)(H,16,18). The van der Waals surface area contributed by atoms with Gasteiger partial charge in [-0.1, -0.05) is 23.7 Å². The summed E-state index contributed by atoms with van der Waals surface area (Å²) in [6.45, 7) is 0.385. The zero-order valence-electron chi connectivity index (χ0n) is 11.4. The largest absolute Gasteiger partial charge is 0.497 e. The van der Waals surface area contributed by atoms with E-state index in [1.807, 2.05) is 24.3 Å². The fourth-order valence-corrected chi connectivity index (χ4v) is 2.36. The van der Waals surface area contributed by atoms with Crippen LogP contribution in [0.25, 0.3) is 0 Å². The van der Waals surface area contributed by atoms with E-state index >= 15 is 0 Å². The molecule has 1 amide bonds. The Morgan fingerprint density at radius 3 is 2.85 bits per heavy atom. The first kappa shape index (κ1) is 14.2. The van der Waals surface area contributed by atoms with Gasteiger partial charge in [-0.25, -0.2) is 0 Å². The first-order chi connectivity index (χ1) is 9.62. The average molecular weight is 277 g/mol. The van der Waals surface area contributed by atoms with Gasteiger partial charge < -0.3 is 21.0 Å². The molecule has 108 valence electrons. The molecule has 2 rings (SSSR count). The molecule has 0 aromatic heterocycles. The minimum atomic E-state index is -0.840. The summed E-state index contributed by atoms with van der Waals surface area (Å²) in [5.74, 6) is 0.542. The van der Waals surface area contributed by atoms with Crippen molar-refractivity contribution >= 4 is 11.7 Å². The molecule has 20 heavy (non-hydrogen) atoms. The average Bonchev–Trinajstić information content (AvgIpc) is 2.43. The number of carbonyl (C=O) groups excluding carboxylic acids is 1. The van der Waals surface area contributed by atoms with E-state index < -0.39 is 5.41 Å². The molecule has 4 N–H and O–H groups in total. The van der Waals surface area contributed by atoms with E-state index in [9.17, 15) is 4.79 Å². The van der Waals surface area contributed by atoms with Crippen molar-refractivity contribution in [2.45, 2.75) is 25.8 Å². The lowest BCUT2D eigenvalue weighted by atomic mass is 9.67. The summed E-state index contributed by atoms with van der Waals surface area (Å²) in [6, 6.07) is 7.47. The molecule has 0 aliphatic heterocycles. The summed E-state index contributed by atoms with van der Waals surface area (Å²) in [4.78, 5) is 12.3. The number of methoxy groups -OCH3 is 1. The number of hydrogen-bond acceptors (Lipinski definition) is 4. The fourth-order valence-electron chi connectivity index (χ4n) is 2.36. The smallest absolute Gasteiger partial charge is 0.234 e. The van der Waals surface area contributed by atoms with Gasteiger partial charge in [0.2, 0.25) is 5.91 Å². The number of hydrogen-bond donors (Lipinski definition) is 3. The fraction of sp³-hybridized carbons (Fsp3) is 0.429. The first-order valence-corrected chi connectivity index (χ1v) is 6.51. The highest BCUT2D eigenvalue weighted by Gasteiger charge is 2.48. The van der Waals surface area contributed by atoms with E-state index in [1.165, 1.54) is 0 Å². The molecule has 0 heterocycles. The number of nitrogens with one attached hydrogen (secondary N) is 1. The minimum absolute atomic E-state index is 0.00751. The monoisotopic (exact) mass is 277 g/mol. The van der Waals surface area contributed by atoms with E-state index in [4.69, 9.17) is 15.7 Å². The highest BCUT2D eigenvalue weighted by atomic mass is 16.5. The van der Waals surface area contributed by atoms with Gasteiger partial charge >= 0.3 is 0 Å². The zero-order valence-corrected chi connectivity index (χ0v) is 11.4. The van der Waals surface area contributed by atoms with Crippen molar-refractivity contribution in [3.63, 3.8) is 0 Å². The van der Waals surface area contributed by atoms with Crippen LogP contribution in [-0.4, -0.2) is 24.1 Å². The lowest BCUT2D eigenvalue weighted by Gasteiger charge is -2.38. The molecule has 1 aromatic rings. The van der Waals surface area contributed by atoms with Crippen LogP contribution in [0.3, 0.4) is 0 Å². The quantitative estimate of drug-likeness (QED) is 0.326. The minimum Gasteiger partial charge on any atom is -0.497 e. The van der Waals surface area contributed by atoms with Crippen LogP contribution < -0.4 is 15.8 Å². The molecule has 0 unspecified atom stereocenters. The molecule has 1 aliphatic rings. The molecule has 1 aliphatic carbocycles. The highest BCUT2D eigenvalue weighted by Crippen LogP contribution is 2.41. The summed E-state index contributed by atoms with van der Waals surface area (Å²) >= 11 is 0. The normalized spacial score (nSPS) is 17.1. The van der Waals surface area contributed by atoms with Crippen LogP contribution in [0.2, 0.25) is 0 Å². The number of rotatable bonds is 5. The summed E-state index contributed by atoms with van der Waals surface area (Å²) in [5, 5.41) is 14.6. The molecule has 1 saturated carbocycles. The molecule has 1 aromatic carbocycles. The number of oxime groups is 1. The van der Waals surface area contributed by atoms with Crippen LogP contribution in [0.4, 0.5) is 0 Å². The predicted octanol–water partition coefficient (Wildman–Crippen LogP) is 1.23. The molecule has 6 heteroatoms. The van der Waals surface area contributed by atoms with E-state index in [0.717, 1.165) is 17.7 Å². The Labute approximate surface area is 117 Å². The third-order valence-corrected chi connectivity index (χ3v) is 3.83. The van der Waals surface area contributed by atoms with Crippen molar-refractivity contribution in [2.75, 3.05) is 7.11 Å². The Hall–Kier alpha value is -2.24. The van der Waals surface area contributed by atoms with Crippen molar-refractivity contribution < 1.29 is 14.7 Å². The number of nitrogens with two attached hydrogens (primary N) is 1. The Kier molecular flexibility index (Phi) is 4.12. The van der Waals surface area contributed by atoms with Crippen molar-refractivity contribution in [3.05, 3.63) is 29.8 Å². The number of ether oxygens (including phenoxy) is 1. The Morgan fingerprint density at radius 2 is 2.30 bits per heavy atom. The maximum Gasteiger partial charge on any atom is 0.234 e. The van der Waals surface area contributed by atoms with Gasteiger partial charge in [-0.05, 0) is 30.5 Å². The lowest BCUT2D eigenvalue weighted by molar-refractivity contribution is -0.131. The number of amides is 1. The maximum atomic E-state index is 12.3. The summed E-state index contributed by atoms with van der Waals surface area (Å²) in [5.41, 5.74) is 5.75. The van der Waals surface area contributed by atoms with Crippen LogP contribution in [0.15, 0.2) is 29.4 Å². The van der Waals surface area contributed by atoms with E-state index in [0.29, 0.717) is 19.4 Å². The van der Waals surface area contributed by atoms with Gasteiger partial charge in [-0.2, -0.15) is 0 Å². The summed E-state index contributed by atoms with van der Waals surface area (Å²) in [7, 11) is 1.60. The van der Waals surface area contributed by atoms with E-state index in [-0.39, 0.29) is 11.7 Å². The summed E-state index contributed by atoms with van der Waals surface area (Å²) in [6.07, 6.45) is 2.14. The SMILES string of the molecule is COc1cccc(CNC(=O)C2(/C(N)=N/O)CCC2)c1. The topological polar surface area (TPSA) is 96.9 Å². The predicted molar refractivity (Wildman–Crippen MR) is 74.5 cm³/mol. The van der Waals surface area contributed by atoms with Gasteiger partial charge in [-0.15, -0.1) is 0 Å². The van der Waals surface area contributed by atoms with Gasteiger partial charge in [-0.3, -0.25) is 4.79 Å². The Morgan fingerprint density at radius 1 is 1.55 bits per heavy atom. The highest BCUT2D eigenvalue weighted by molar-refractivity contribution is 6.07.